The van der Waals surface area contributed by atoms with Crippen LogP contribution < -0.4 is 15.4 Å². The fourth-order valence-electron chi connectivity index (χ4n) is 2.60. The van der Waals surface area contributed by atoms with Gasteiger partial charge < -0.3 is 15.4 Å². The second-order valence-corrected chi connectivity index (χ2v) is 6.52. The Hall–Kier alpha value is -4.51. The maximum absolute atomic E-state index is 13.6. The minimum Gasteiger partial charge on any atom is -0.484 e. The Morgan fingerprint density at radius 2 is 1.62 bits per heavy atom. The van der Waals surface area contributed by atoms with E-state index in [1.807, 2.05) is 6.07 Å². The molecule has 0 saturated heterocycles. The summed E-state index contributed by atoms with van der Waals surface area (Å²) >= 11 is 0. The molecule has 0 aliphatic heterocycles. The van der Waals surface area contributed by atoms with E-state index in [1.54, 1.807) is 30.3 Å². The number of amides is 2. The summed E-state index contributed by atoms with van der Waals surface area (Å²) in [5.74, 6) is -1.77. The van der Waals surface area contributed by atoms with Crippen molar-refractivity contribution in [3.8, 4) is 11.8 Å². The molecule has 32 heavy (non-hydrogen) atoms. The average molecular weight is 433 g/mol. The van der Waals surface area contributed by atoms with E-state index in [4.69, 9.17) is 4.74 Å². The van der Waals surface area contributed by atoms with E-state index in [-0.39, 0.29) is 17.9 Å². The normalized spacial score (nSPS) is 10.7. The largest absolute Gasteiger partial charge is 0.484 e. The fourth-order valence-corrected chi connectivity index (χ4v) is 2.60. The zero-order valence-corrected chi connectivity index (χ0v) is 16.6. The zero-order valence-electron chi connectivity index (χ0n) is 16.6. The monoisotopic (exact) mass is 433 g/mol. The molecule has 0 fully saturated rings. The number of anilines is 2. The molecule has 0 atom stereocenters. The minimum absolute atomic E-state index is 0.0598. The standard InChI is InChI=1S/C24H17F2N3O3/c25-18-7-9-19(10-8-18)28-24(31)17(14-27)13-16-5-11-20(12-6-16)32-15-23(30)29-22-4-2-1-3-21(22)26/h1-13H,15H2,(H,28,31)(H,29,30)/b17-13+. The molecule has 2 N–H and O–H groups in total. The quantitative estimate of drug-likeness (QED) is 0.423. The summed E-state index contributed by atoms with van der Waals surface area (Å²) in [6.07, 6.45) is 1.38. The molecule has 8 heteroatoms. The average Bonchev–Trinajstić information content (AvgIpc) is 2.80. The summed E-state index contributed by atoms with van der Waals surface area (Å²) in [5.41, 5.74) is 0.825. The van der Waals surface area contributed by atoms with E-state index < -0.39 is 23.4 Å². The Balaban J connectivity index is 1.57. The molecule has 3 aromatic rings. The maximum atomic E-state index is 13.6. The van der Waals surface area contributed by atoms with Crippen LogP contribution in [0.2, 0.25) is 0 Å². The summed E-state index contributed by atoms with van der Waals surface area (Å²) in [4.78, 5) is 24.2. The molecule has 6 nitrogen and oxygen atoms in total. The molecule has 0 unspecified atom stereocenters. The Kier molecular flexibility index (Phi) is 7.28. The van der Waals surface area contributed by atoms with Gasteiger partial charge in [0.15, 0.2) is 6.61 Å². The van der Waals surface area contributed by atoms with Crippen molar-refractivity contribution in [3.63, 3.8) is 0 Å². The van der Waals surface area contributed by atoms with Gasteiger partial charge in [0.1, 0.15) is 29.0 Å². The number of nitriles is 1. The van der Waals surface area contributed by atoms with Gasteiger partial charge in [0.25, 0.3) is 11.8 Å². The SMILES string of the molecule is N#C/C(=C\c1ccc(OCC(=O)Nc2ccccc2F)cc1)C(=O)Nc1ccc(F)cc1. The number of carbonyl (C=O) groups excluding carboxylic acids is 2. The van der Waals surface area contributed by atoms with Crippen molar-refractivity contribution < 1.29 is 23.1 Å². The van der Waals surface area contributed by atoms with Crippen molar-refractivity contribution in [1.29, 1.82) is 5.26 Å². The van der Waals surface area contributed by atoms with Crippen LogP contribution in [0, 0.1) is 23.0 Å². The van der Waals surface area contributed by atoms with Crippen LogP contribution in [0.3, 0.4) is 0 Å². The van der Waals surface area contributed by atoms with Gasteiger partial charge in [-0.1, -0.05) is 24.3 Å². The molecule has 0 aliphatic carbocycles. The molecule has 3 rings (SSSR count). The van der Waals surface area contributed by atoms with Gasteiger partial charge in [0.05, 0.1) is 5.69 Å². The van der Waals surface area contributed by atoms with Crippen LogP contribution in [-0.2, 0) is 9.59 Å². The Morgan fingerprint density at radius 1 is 0.938 bits per heavy atom. The van der Waals surface area contributed by atoms with Crippen molar-refractivity contribution in [2.45, 2.75) is 0 Å². The van der Waals surface area contributed by atoms with Crippen molar-refractivity contribution in [2.75, 3.05) is 17.2 Å². The lowest BCUT2D eigenvalue weighted by atomic mass is 10.1. The van der Waals surface area contributed by atoms with Crippen molar-refractivity contribution >= 4 is 29.3 Å². The summed E-state index contributed by atoms with van der Waals surface area (Å²) in [5, 5.41) is 14.2. The second-order valence-electron chi connectivity index (χ2n) is 6.52. The first-order valence-electron chi connectivity index (χ1n) is 9.40. The molecule has 0 heterocycles. The highest BCUT2D eigenvalue weighted by molar-refractivity contribution is 6.09. The first-order chi connectivity index (χ1) is 15.4. The lowest BCUT2D eigenvalue weighted by Crippen LogP contribution is -2.20. The molecule has 0 bridgehead atoms. The molecular weight excluding hydrogens is 416 g/mol. The van der Waals surface area contributed by atoms with E-state index in [0.29, 0.717) is 17.0 Å². The van der Waals surface area contributed by atoms with E-state index >= 15 is 0 Å². The molecular formula is C24H17F2N3O3. The Bertz CT molecular complexity index is 1180. The van der Waals surface area contributed by atoms with Crippen LogP contribution in [-0.4, -0.2) is 18.4 Å². The van der Waals surface area contributed by atoms with Crippen molar-refractivity contribution in [2.24, 2.45) is 0 Å². The number of rotatable bonds is 7. The van der Waals surface area contributed by atoms with Gasteiger partial charge in [-0.3, -0.25) is 9.59 Å². The van der Waals surface area contributed by atoms with Crippen LogP contribution in [0.25, 0.3) is 6.08 Å². The van der Waals surface area contributed by atoms with Crippen LogP contribution in [0.1, 0.15) is 5.56 Å². The van der Waals surface area contributed by atoms with Gasteiger partial charge in [-0.2, -0.15) is 5.26 Å². The summed E-state index contributed by atoms with van der Waals surface area (Å²) in [6.45, 7) is -0.326. The number of para-hydroxylation sites is 1. The van der Waals surface area contributed by atoms with E-state index in [0.717, 1.165) is 0 Å². The number of hydrogen-bond acceptors (Lipinski definition) is 4. The number of nitrogens with zero attached hydrogens (tertiary/aromatic N) is 1. The molecule has 0 radical (unpaired) electrons. The Morgan fingerprint density at radius 3 is 2.28 bits per heavy atom. The third-order valence-electron chi connectivity index (χ3n) is 4.18. The topological polar surface area (TPSA) is 91.2 Å². The number of halogens is 2. The van der Waals surface area contributed by atoms with Gasteiger partial charge in [-0.15, -0.1) is 0 Å². The smallest absolute Gasteiger partial charge is 0.266 e. The van der Waals surface area contributed by atoms with Crippen LogP contribution in [0.15, 0.2) is 78.4 Å². The number of hydrogen-bond donors (Lipinski definition) is 2. The summed E-state index contributed by atoms with van der Waals surface area (Å²) in [7, 11) is 0. The Labute approximate surface area is 182 Å². The highest BCUT2D eigenvalue weighted by Crippen LogP contribution is 2.17. The lowest BCUT2D eigenvalue weighted by molar-refractivity contribution is -0.118. The number of carbonyl (C=O) groups is 2. The summed E-state index contributed by atoms with van der Waals surface area (Å²) in [6, 6.07) is 19.1. The number of ether oxygens (including phenoxy) is 1. The third kappa shape index (κ3) is 6.24. The minimum atomic E-state index is -0.635. The first-order valence-corrected chi connectivity index (χ1v) is 9.40. The van der Waals surface area contributed by atoms with Gasteiger partial charge in [-0.05, 0) is 60.2 Å². The third-order valence-corrected chi connectivity index (χ3v) is 4.18. The van der Waals surface area contributed by atoms with Gasteiger partial charge in [0.2, 0.25) is 0 Å². The van der Waals surface area contributed by atoms with E-state index in [1.165, 1.54) is 48.5 Å². The predicted molar refractivity (Wildman–Crippen MR) is 116 cm³/mol. The zero-order chi connectivity index (χ0) is 22.9. The highest BCUT2D eigenvalue weighted by Gasteiger charge is 2.10. The molecule has 0 spiro atoms. The maximum Gasteiger partial charge on any atom is 0.266 e. The van der Waals surface area contributed by atoms with E-state index in [2.05, 4.69) is 10.6 Å². The molecule has 2 amide bonds. The number of benzene rings is 3. The van der Waals surface area contributed by atoms with Gasteiger partial charge in [0, 0.05) is 5.69 Å². The molecule has 160 valence electrons. The fraction of sp³-hybridized carbons (Fsp3) is 0.0417. The molecule has 0 aromatic heterocycles. The lowest BCUT2D eigenvalue weighted by Gasteiger charge is -2.08. The van der Waals surface area contributed by atoms with Crippen LogP contribution in [0.5, 0.6) is 5.75 Å². The van der Waals surface area contributed by atoms with Crippen LogP contribution in [0.4, 0.5) is 20.2 Å². The predicted octanol–water partition coefficient (Wildman–Crippen LogP) is 4.53. The molecule has 0 aliphatic rings. The molecule has 3 aromatic carbocycles. The van der Waals surface area contributed by atoms with Gasteiger partial charge >= 0.3 is 0 Å². The van der Waals surface area contributed by atoms with Crippen molar-refractivity contribution in [1.82, 2.24) is 0 Å². The molecule has 0 saturated carbocycles. The van der Waals surface area contributed by atoms with E-state index in [9.17, 15) is 23.6 Å². The number of nitrogens with one attached hydrogen (secondary N) is 2. The first kappa shape index (κ1) is 22.2. The second kappa shape index (κ2) is 10.5. The highest BCUT2D eigenvalue weighted by atomic mass is 19.1. The summed E-state index contributed by atoms with van der Waals surface area (Å²) < 4.78 is 31.9. The van der Waals surface area contributed by atoms with Crippen LogP contribution >= 0.6 is 0 Å². The van der Waals surface area contributed by atoms with Gasteiger partial charge in [-0.25, -0.2) is 8.78 Å². The van der Waals surface area contributed by atoms with Crippen molar-refractivity contribution in [3.05, 3.63) is 95.6 Å².